The summed E-state index contributed by atoms with van der Waals surface area (Å²) in [5.41, 5.74) is 8.20. The molecule has 1 aromatic heterocycles. The zero-order valence-electron chi connectivity index (χ0n) is 9.46. The molecule has 0 spiro atoms. The second-order valence-electron chi connectivity index (χ2n) is 3.75. The molecule has 0 saturated carbocycles. The van der Waals surface area contributed by atoms with E-state index in [0.717, 1.165) is 16.8 Å². The number of aromatic nitrogens is 2. The fourth-order valence-electron chi connectivity index (χ4n) is 1.59. The molecule has 2 aromatic rings. The summed E-state index contributed by atoms with van der Waals surface area (Å²) in [6.07, 6.45) is 0. The lowest BCUT2D eigenvalue weighted by Crippen LogP contribution is -2.02. The molecule has 2 rings (SSSR count). The number of rotatable bonds is 1. The summed E-state index contributed by atoms with van der Waals surface area (Å²) in [6, 6.07) is 5.29. The van der Waals surface area contributed by atoms with Crippen molar-refractivity contribution in [3.05, 3.63) is 39.6 Å². The van der Waals surface area contributed by atoms with E-state index < -0.39 is 0 Å². The second-order valence-corrected chi connectivity index (χ2v) is 4.60. The molecule has 0 aliphatic carbocycles. The van der Waals surface area contributed by atoms with Gasteiger partial charge in [-0.05, 0) is 32.0 Å². The molecule has 0 aliphatic heterocycles. The molecule has 5 heteroatoms. The van der Waals surface area contributed by atoms with E-state index in [1.165, 1.54) is 0 Å². The van der Waals surface area contributed by atoms with Crippen LogP contribution in [-0.2, 0) is 0 Å². The van der Waals surface area contributed by atoms with Gasteiger partial charge in [0.05, 0.1) is 10.7 Å². The van der Waals surface area contributed by atoms with Gasteiger partial charge in [-0.3, -0.25) is 0 Å². The van der Waals surface area contributed by atoms with Gasteiger partial charge < -0.3 is 5.73 Å². The monoisotopic (exact) mass is 267 g/mol. The summed E-state index contributed by atoms with van der Waals surface area (Å²) in [5, 5.41) is 1.15. The Morgan fingerprint density at radius 2 is 1.82 bits per heavy atom. The van der Waals surface area contributed by atoms with Crippen LogP contribution in [0, 0.1) is 13.8 Å². The van der Waals surface area contributed by atoms with E-state index in [-0.39, 0.29) is 0 Å². The van der Waals surface area contributed by atoms with Crippen LogP contribution in [0.4, 0.5) is 5.82 Å². The molecule has 0 radical (unpaired) electrons. The van der Waals surface area contributed by atoms with Crippen molar-refractivity contribution in [3.8, 4) is 11.3 Å². The predicted octanol–water partition coefficient (Wildman–Crippen LogP) is 3.65. The molecule has 1 heterocycles. The molecule has 0 aliphatic rings. The van der Waals surface area contributed by atoms with Crippen LogP contribution in [0.1, 0.15) is 11.4 Å². The molecule has 0 bridgehead atoms. The average Bonchev–Trinajstić information content (AvgIpc) is 2.24. The number of nitrogen functional groups attached to an aromatic ring is 1. The third kappa shape index (κ3) is 2.35. The zero-order valence-corrected chi connectivity index (χ0v) is 11.0. The number of hydrogen-bond acceptors (Lipinski definition) is 3. The van der Waals surface area contributed by atoms with Gasteiger partial charge in [-0.15, -0.1) is 0 Å². The minimum atomic E-state index is 0.471. The summed E-state index contributed by atoms with van der Waals surface area (Å²) in [6.45, 7) is 3.66. The lowest BCUT2D eigenvalue weighted by Gasteiger charge is -2.10. The minimum Gasteiger partial charge on any atom is -0.383 e. The van der Waals surface area contributed by atoms with Gasteiger partial charge in [0, 0.05) is 16.1 Å². The van der Waals surface area contributed by atoms with Gasteiger partial charge in [-0.1, -0.05) is 23.2 Å². The van der Waals surface area contributed by atoms with Crippen molar-refractivity contribution in [2.75, 3.05) is 5.73 Å². The van der Waals surface area contributed by atoms with E-state index in [0.29, 0.717) is 21.7 Å². The maximum absolute atomic E-state index is 6.16. The van der Waals surface area contributed by atoms with Crippen molar-refractivity contribution in [2.45, 2.75) is 13.8 Å². The SMILES string of the molecule is Cc1nc(N)c(C)c(-c2ccc(Cl)cc2Cl)n1. The van der Waals surface area contributed by atoms with Crippen molar-refractivity contribution in [2.24, 2.45) is 0 Å². The first kappa shape index (κ1) is 12.1. The Labute approximate surface area is 110 Å². The number of benzene rings is 1. The summed E-state index contributed by atoms with van der Waals surface area (Å²) < 4.78 is 0. The molecular weight excluding hydrogens is 257 g/mol. The fraction of sp³-hybridized carbons (Fsp3) is 0.167. The Balaban J connectivity index is 2.68. The predicted molar refractivity (Wildman–Crippen MR) is 71.4 cm³/mol. The number of anilines is 1. The Hall–Kier alpha value is -1.32. The highest BCUT2D eigenvalue weighted by Crippen LogP contribution is 2.32. The smallest absolute Gasteiger partial charge is 0.130 e. The van der Waals surface area contributed by atoms with Gasteiger partial charge >= 0.3 is 0 Å². The summed E-state index contributed by atoms with van der Waals surface area (Å²) >= 11 is 12.0. The van der Waals surface area contributed by atoms with Crippen LogP contribution in [0.5, 0.6) is 0 Å². The topological polar surface area (TPSA) is 51.8 Å². The Morgan fingerprint density at radius 3 is 2.47 bits per heavy atom. The van der Waals surface area contributed by atoms with Crippen LogP contribution >= 0.6 is 23.2 Å². The number of hydrogen-bond donors (Lipinski definition) is 1. The van der Waals surface area contributed by atoms with E-state index >= 15 is 0 Å². The standard InChI is InChI=1S/C12H11Cl2N3/c1-6-11(16-7(2)17-12(6)15)9-4-3-8(13)5-10(9)14/h3-5H,1-2H3,(H2,15,16,17). The zero-order chi connectivity index (χ0) is 12.6. The number of nitrogens with zero attached hydrogens (tertiary/aromatic N) is 2. The maximum Gasteiger partial charge on any atom is 0.130 e. The molecule has 0 unspecified atom stereocenters. The summed E-state index contributed by atoms with van der Waals surface area (Å²) in [7, 11) is 0. The van der Waals surface area contributed by atoms with Gasteiger partial charge in [0.2, 0.25) is 0 Å². The van der Waals surface area contributed by atoms with Crippen LogP contribution in [0.3, 0.4) is 0 Å². The molecule has 0 atom stereocenters. The quantitative estimate of drug-likeness (QED) is 0.858. The minimum absolute atomic E-state index is 0.471. The van der Waals surface area contributed by atoms with Gasteiger partial charge in [-0.25, -0.2) is 9.97 Å². The highest BCUT2D eigenvalue weighted by molar-refractivity contribution is 6.36. The van der Waals surface area contributed by atoms with E-state index in [9.17, 15) is 0 Å². The summed E-state index contributed by atoms with van der Waals surface area (Å²) in [5.74, 6) is 1.09. The van der Waals surface area contributed by atoms with Crippen molar-refractivity contribution in [1.82, 2.24) is 9.97 Å². The van der Waals surface area contributed by atoms with Crippen molar-refractivity contribution in [1.29, 1.82) is 0 Å². The Kier molecular flexibility index (Phi) is 3.22. The largest absolute Gasteiger partial charge is 0.383 e. The average molecular weight is 268 g/mol. The van der Waals surface area contributed by atoms with Crippen molar-refractivity contribution < 1.29 is 0 Å². The lowest BCUT2D eigenvalue weighted by molar-refractivity contribution is 1.05. The highest BCUT2D eigenvalue weighted by atomic mass is 35.5. The molecule has 3 nitrogen and oxygen atoms in total. The van der Waals surface area contributed by atoms with Gasteiger partial charge in [0.25, 0.3) is 0 Å². The van der Waals surface area contributed by atoms with Gasteiger partial charge in [0.1, 0.15) is 11.6 Å². The first-order chi connectivity index (χ1) is 7.99. The molecule has 0 amide bonds. The first-order valence-electron chi connectivity index (χ1n) is 5.05. The van der Waals surface area contributed by atoms with E-state index in [2.05, 4.69) is 9.97 Å². The third-order valence-corrected chi connectivity index (χ3v) is 3.03. The molecular formula is C12H11Cl2N3. The van der Waals surface area contributed by atoms with E-state index in [4.69, 9.17) is 28.9 Å². The molecule has 0 fully saturated rings. The summed E-state index contributed by atoms with van der Waals surface area (Å²) in [4.78, 5) is 8.48. The molecule has 17 heavy (non-hydrogen) atoms. The van der Waals surface area contributed by atoms with Gasteiger partial charge in [0.15, 0.2) is 0 Å². The first-order valence-corrected chi connectivity index (χ1v) is 5.81. The van der Waals surface area contributed by atoms with Crippen LogP contribution in [-0.4, -0.2) is 9.97 Å². The van der Waals surface area contributed by atoms with Crippen molar-refractivity contribution in [3.63, 3.8) is 0 Å². The normalized spacial score (nSPS) is 10.6. The molecule has 0 saturated heterocycles. The number of aryl methyl sites for hydroxylation is 1. The van der Waals surface area contributed by atoms with Crippen molar-refractivity contribution >= 4 is 29.0 Å². The second kappa shape index (κ2) is 4.51. The molecule has 1 aromatic carbocycles. The Bertz CT molecular complexity index is 582. The van der Waals surface area contributed by atoms with E-state index in [1.54, 1.807) is 19.1 Å². The highest BCUT2D eigenvalue weighted by Gasteiger charge is 2.12. The van der Waals surface area contributed by atoms with Crippen LogP contribution in [0.25, 0.3) is 11.3 Å². The lowest BCUT2D eigenvalue weighted by atomic mass is 10.1. The third-order valence-electron chi connectivity index (χ3n) is 2.48. The van der Waals surface area contributed by atoms with E-state index in [1.807, 2.05) is 13.0 Å². The Morgan fingerprint density at radius 1 is 1.12 bits per heavy atom. The number of nitrogens with two attached hydrogens (primary N) is 1. The molecule has 2 N–H and O–H groups in total. The maximum atomic E-state index is 6.16. The number of halogens is 2. The van der Waals surface area contributed by atoms with Gasteiger partial charge in [-0.2, -0.15) is 0 Å². The van der Waals surface area contributed by atoms with Crippen LogP contribution < -0.4 is 5.73 Å². The van der Waals surface area contributed by atoms with Crippen LogP contribution in [0.15, 0.2) is 18.2 Å². The molecule has 88 valence electrons. The fourth-order valence-corrected chi connectivity index (χ4v) is 2.09. The van der Waals surface area contributed by atoms with Crippen LogP contribution in [0.2, 0.25) is 10.0 Å².